The highest BCUT2D eigenvalue weighted by Gasteiger charge is 2.15. The van der Waals surface area contributed by atoms with E-state index in [4.69, 9.17) is 0 Å². The van der Waals surface area contributed by atoms with Crippen LogP contribution in [0.1, 0.15) is 15.9 Å². The van der Waals surface area contributed by atoms with Crippen LogP contribution >= 0.6 is 15.9 Å². The van der Waals surface area contributed by atoms with Crippen molar-refractivity contribution >= 4 is 27.5 Å². The second-order valence-electron chi connectivity index (χ2n) is 4.73. The third kappa shape index (κ3) is 4.41. The number of alkyl halides is 2. The number of para-hydroxylation sites is 1. The normalized spacial score (nSPS) is 10.6. The monoisotopic (exact) mass is 402 g/mol. The standard InChI is InChI=1S/C16H14BrF3N2O2/c1-21-15(23)10-6-12(18)11(17)7-13(10)22-8-9-4-2-3-5-14(9)24-16(19)20/h2-7,16,22H,8H2,1H3,(H,21,23). The van der Waals surface area contributed by atoms with Gasteiger partial charge in [-0.2, -0.15) is 8.78 Å². The highest BCUT2D eigenvalue weighted by Crippen LogP contribution is 2.27. The maximum Gasteiger partial charge on any atom is 0.387 e. The number of benzene rings is 2. The highest BCUT2D eigenvalue weighted by molar-refractivity contribution is 9.10. The van der Waals surface area contributed by atoms with Crippen LogP contribution in [-0.2, 0) is 6.54 Å². The number of amides is 1. The largest absolute Gasteiger partial charge is 0.434 e. The Hall–Kier alpha value is -2.22. The van der Waals surface area contributed by atoms with E-state index in [2.05, 4.69) is 31.3 Å². The number of hydrogen-bond donors (Lipinski definition) is 2. The molecular formula is C16H14BrF3N2O2. The van der Waals surface area contributed by atoms with Crippen molar-refractivity contribution in [2.45, 2.75) is 13.2 Å². The van der Waals surface area contributed by atoms with Crippen molar-refractivity contribution in [2.24, 2.45) is 0 Å². The number of halogens is 4. The molecule has 0 aliphatic rings. The number of carbonyl (C=O) groups excluding carboxylic acids is 1. The maximum absolute atomic E-state index is 13.7. The third-order valence-electron chi connectivity index (χ3n) is 3.19. The summed E-state index contributed by atoms with van der Waals surface area (Å²) < 4.78 is 43.2. The van der Waals surface area contributed by atoms with Gasteiger partial charge in [-0.3, -0.25) is 4.79 Å². The lowest BCUT2D eigenvalue weighted by atomic mass is 10.1. The molecule has 0 saturated carbocycles. The molecule has 128 valence electrons. The first-order valence-electron chi connectivity index (χ1n) is 6.90. The lowest BCUT2D eigenvalue weighted by Crippen LogP contribution is -2.20. The van der Waals surface area contributed by atoms with Gasteiger partial charge >= 0.3 is 6.61 Å². The van der Waals surface area contributed by atoms with Crippen LogP contribution in [0.5, 0.6) is 5.75 Å². The summed E-state index contributed by atoms with van der Waals surface area (Å²) >= 11 is 3.05. The van der Waals surface area contributed by atoms with Crippen LogP contribution in [0.2, 0.25) is 0 Å². The number of carbonyl (C=O) groups is 1. The molecule has 4 nitrogen and oxygen atoms in total. The van der Waals surface area contributed by atoms with Gasteiger partial charge in [-0.1, -0.05) is 18.2 Å². The molecule has 2 rings (SSSR count). The van der Waals surface area contributed by atoms with Gasteiger partial charge in [0.05, 0.1) is 10.0 Å². The Balaban J connectivity index is 2.26. The molecule has 0 fully saturated rings. The summed E-state index contributed by atoms with van der Waals surface area (Å²) in [4.78, 5) is 11.9. The van der Waals surface area contributed by atoms with Crippen LogP contribution in [0.3, 0.4) is 0 Å². The van der Waals surface area contributed by atoms with Gasteiger partial charge < -0.3 is 15.4 Å². The Bertz CT molecular complexity index is 741. The van der Waals surface area contributed by atoms with Gasteiger partial charge in [-0.25, -0.2) is 4.39 Å². The molecule has 0 aromatic heterocycles. The summed E-state index contributed by atoms with van der Waals surface area (Å²) in [6.07, 6.45) is 0. The zero-order valence-corrected chi connectivity index (χ0v) is 14.2. The van der Waals surface area contributed by atoms with Gasteiger partial charge in [0.2, 0.25) is 0 Å². The van der Waals surface area contributed by atoms with E-state index in [-0.39, 0.29) is 22.3 Å². The van der Waals surface area contributed by atoms with Gasteiger partial charge in [0.1, 0.15) is 11.6 Å². The van der Waals surface area contributed by atoms with Crippen molar-refractivity contribution in [3.8, 4) is 5.75 Å². The van der Waals surface area contributed by atoms with Crippen molar-refractivity contribution < 1.29 is 22.7 Å². The molecule has 0 aliphatic carbocycles. The number of nitrogens with one attached hydrogen (secondary N) is 2. The smallest absolute Gasteiger partial charge is 0.387 e. The third-order valence-corrected chi connectivity index (χ3v) is 3.80. The highest BCUT2D eigenvalue weighted by atomic mass is 79.9. The van der Waals surface area contributed by atoms with Gasteiger partial charge in [-0.05, 0) is 34.1 Å². The second-order valence-corrected chi connectivity index (χ2v) is 5.59. The molecule has 0 spiro atoms. The fourth-order valence-electron chi connectivity index (χ4n) is 2.07. The van der Waals surface area contributed by atoms with E-state index in [1.165, 1.54) is 19.2 Å². The van der Waals surface area contributed by atoms with Crippen LogP contribution in [0.25, 0.3) is 0 Å². The minimum Gasteiger partial charge on any atom is -0.434 e. The average Bonchev–Trinajstić information content (AvgIpc) is 2.55. The van der Waals surface area contributed by atoms with E-state index >= 15 is 0 Å². The first kappa shape index (κ1) is 18.1. The zero-order valence-electron chi connectivity index (χ0n) is 12.6. The van der Waals surface area contributed by atoms with Crippen LogP contribution < -0.4 is 15.4 Å². The number of anilines is 1. The Morgan fingerprint density at radius 1 is 1.29 bits per heavy atom. The molecule has 0 saturated heterocycles. The summed E-state index contributed by atoms with van der Waals surface area (Å²) in [5.74, 6) is -1.02. The molecule has 0 bridgehead atoms. The van der Waals surface area contributed by atoms with Gasteiger partial charge in [0, 0.05) is 24.8 Å². The van der Waals surface area contributed by atoms with Crippen molar-refractivity contribution in [3.63, 3.8) is 0 Å². The van der Waals surface area contributed by atoms with Crippen LogP contribution in [0.4, 0.5) is 18.9 Å². The predicted molar refractivity (Wildman–Crippen MR) is 87.9 cm³/mol. The molecule has 0 atom stereocenters. The maximum atomic E-state index is 13.7. The van der Waals surface area contributed by atoms with Crippen molar-refractivity contribution in [3.05, 3.63) is 57.8 Å². The van der Waals surface area contributed by atoms with Crippen LogP contribution in [0, 0.1) is 5.82 Å². The number of rotatable bonds is 6. The molecule has 8 heteroatoms. The summed E-state index contributed by atoms with van der Waals surface area (Å²) in [5.41, 5.74) is 0.932. The van der Waals surface area contributed by atoms with E-state index in [1.54, 1.807) is 18.2 Å². The summed E-state index contributed by atoms with van der Waals surface area (Å²) in [7, 11) is 1.43. The molecule has 2 aromatic rings. The van der Waals surface area contributed by atoms with E-state index in [0.29, 0.717) is 11.3 Å². The molecule has 0 heterocycles. The zero-order chi connectivity index (χ0) is 17.7. The first-order valence-corrected chi connectivity index (χ1v) is 7.69. The van der Waals surface area contributed by atoms with Gasteiger partial charge in [-0.15, -0.1) is 0 Å². The Kier molecular flexibility index (Phi) is 6.08. The van der Waals surface area contributed by atoms with Crippen molar-refractivity contribution in [1.29, 1.82) is 0 Å². The molecule has 0 radical (unpaired) electrons. The Morgan fingerprint density at radius 3 is 2.67 bits per heavy atom. The SMILES string of the molecule is CNC(=O)c1cc(F)c(Br)cc1NCc1ccccc1OC(F)F. The average molecular weight is 403 g/mol. The van der Waals surface area contributed by atoms with Crippen LogP contribution in [0.15, 0.2) is 40.9 Å². The van der Waals surface area contributed by atoms with Crippen molar-refractivity contribution in [2.75, 3.05) is 12.4 Å². The quantitative estimate of drug-likeness (QED) is 0.762. The summed E-state index contributed by atoms with van der Waals surface area (Å²) in [5, 5.41) is 5.36. The minimum absolute atomic E-state index is 0.0303. The number of hydrogen-bond acceptors (Lipinski definition) is 3. The van der Waals surface area contributed by atoms with Crippen LogP contribution in [-0.4, -0.2) is 19.6 Å². The first-order chi connectivity index (χ1) is 11.4. The topological polar surface area (TPSA) is 50.4 Å². The van der Waals surface area contributed by atoms with E-state index in [9.17, 15) is 18.0 Å². The van der Waals surface area contributed by atoms with E-state index < -0.39 is 18.3 Å². The summed E-state index contributed by atoms with van der Waals surface area (Å²) in [6, 6.07) is 8.79. The molecular weight excluding hydrogens is 389 g/mol. The second kappa shape index (κ2) is 8.05. The lowest BCUT2D eigenvalue weighted by Gasteiger charge is -2.15. The molecule has 2 aromatic carbocycles. The predicted octanol–water partition coefficient (Wildman–Crippen LogP) is 4.16. The molecule has 24 heavy (non-hydrogen) atoms. The minimum atomic E-state index is -2.94. The van der Waals surface area contributed by atoms with Gasteiger partial charge in [0.25, 0.3) is 5.91 Å². The van der Waals surface area contributed by atoms with E-state index in [0.717, 1.165) is 6.07 Å². The molecule has 1 amide bonds. The molecule has 2 N–H and O–H groups in total. The number of ether oxygens (including phenoxy) is 1. The fourth-order valence-corrected chi connectivity index (χ4v) is 2.41. The summed E-state index contributed by atoms with van der Waals surface area (Å²) in [6.45, 7) is -2.82. The van der Waals surface area contributed by atoms with Crippen molar-refractivity contribution in [1.82, 2.24) is 5.32 Å². The lowest BCUT2D eigenvalue weighted by molar-refractivity contribution is -0.0504. The molecule has 0 aliphatic heterocycles. The van der Waals surface area contributed by atoms with E-state index in [1.807, 2.05) is 0 Å². The fraction of sp³-hybridized carbons (Fsp3) is 0.188. The molecule has 0 unspecified atom stereocenters. The van der Waals surface area contributed by atoms with Gasteiger partial charge in [0.15, 0.2) is 0 Å². The Labute approximate surface area is 145 Å². The Morgan fingerprint density at radius 2 is 2.00 bits per heavy atom.